The van der Waals surface area contributed by atoms with Gasteiger partial charge < -0.3 is 5.32 Å². The van der Waals surface area contributed by atoms with Gasteiger partial charge in [0.1, 0.15) is 6.04 Å². The molecule has 2 aliphatic rings. The van der Waals surface area contributed by atoms with Crippen molar-refractivity contribution in [2.45, 2.75) is 45.1 Å². The van der Waals surface area contributed by atoms with Crippen LogP contribution >= 0.6 is 0 Å². The number of benzene rings is 2. The van der Waals surface area contributed by atoms with E-state index in [9.17, 15) is 19.2 Å². The molecule has 2 aliphatic heterocycles. The Bertz CT molecular complexity index is 1070. The predicted molar refractivity (Wildman–Crippen MR) is 112 cm³/mol. The van der Waals surface area contributed by atoms with Gasteiger partial charge in [0.15, 0.2) is 0 Å². The standard InChI is InChI=1S/C23H23N3O4/c1-23(2,3)13-4-6-14(7-5-13)24-15-8-9-16-17(12-15)22(30)26(21(16)29)18-10-11-19(27)25-20(18)28/h4-9,12,18,24H,10-11H2,1-3H3,(H,25,27,28). The summed E-state index contributed by atoms with van der Waals surface area (Å²) in [5.74, 6) is -2.03. The molecule has 4 amide bonds. The first kappa shape index (κ1) is 19.8. The molecule has 1 fully saturated rings. The number of anilines is 2. The van der Waals surface area contributed by atoms with E-state index in [-0.39, 0.29) is 29.4 Å². The SMILES string of the molecule is CC(C)(C)c1ccc(Nc2ccc3c(c2)C(=O)N(C2CCC(=O)NC2=O)C3=O)cc1. The molecule has 30 heavy (non-hydrogen) atoms. The molecule has 154 valence electrons. The highest BCUT2D eigenvalue weighted by molar-refractivity contribution is 6.23. The normalized spacial score (nSPS) is 19.0. The van der Waals surface area contributed by atoms with Crippen LogP contribution in [0.25, 0.3) is 0 Å². The fraction of sp³-hybridized carbons (Fsp3) is 0.304. The second-order valence-electron chi connectivity index (χ2n) is 8.66. The molecule has 0 aromatic heterocycles. The molecule has 2 N–H and O–H groups in total. The first-order valence-electron chi connectivity index (χ1n) is 9.88. The van der Waals surface area contributed by atoms with Crippen molar-refractivity contribution in [3.63, 3.8) is 0 Å². The molecule has 7 nitrogen and oxygen atoms in total. The average molecular weight is 405 g/mol. The van der Waals surface area contributed by atoms with Crippen molar-refractivity contribution in [3.05, 3.63) is 59.2 Å². The number of piperidine rings is 1. The highest BCUT2D eigenvalue weighted by atomic mass is 16.2. The smallest absolute Gasteiger partial charge is 0.262 e. The number of imide groups is 2. The summed E-state index contributed by atoms with van der Waals surface area (Å²) >= 11 is 0. The van der Waals surface area contributed by atoms with Gasteiger partial charge in [-0.2, -0.15) is 0 Å². The lowest BCUT2D eigenvalue weighted by molar-refractivity contribution is -0.136. The minimum absolute atomic E-state index is 0.0539. The first-order chi connectivity index (χ1) is 14.1. The van der Waals surface area contributed by atoms with Gasteiger partial charge in [0, 0.05) is 17.8 Å². The second-order valence-corrected chi connectivity index (χ2v) is 8.66. The zero-order chi connectivity index (χ0) is 21.6. The largest absolute Gasteiger partial charge is 0.356 e. The van der Waals surface area contributed by atoms with Crippen LogP contribution in [0.2, 0.25) is 0 Å². The van der Waals surface area contributed by atoms with E-state index >= 15 is 0 Å². The summed E-state index contributed by atoms with van der Waals surface area (Å²) in [6.45, 7) is 6.44. The molecule has 0 radical (unpaired) electrons. The molecule has 1 atom stereocenters. The maximum absolute atomic E-state index is 12.9. The molecule has 1 unspecified atom stereocenters. The van der Waals surface area contributed by atoms with E-state index in [2.05, 4.69) is 43.5 Å². The van der Waals surface area contributed by atoms with Crippen LogP contribution in [0.15, 0.2) is 42.5 Å². The Morgan fingerprint density at radius 2 is 1.53 bits per heavy atom. The van der Waals surface area contributed by atoms with Gasteiger partial charge in [-0.25, -0.2) is 0 Å². The Morgan fingerprint density at radius 1 is 0.900 bits per heavy atom. The van der Waals surface area contributed by atoms with E-state index in [1.165, 1.54) is 5.56 Å². The van der Waals surface area contributed by atoms with Crippen LogP contribution in [-0.4, -0.2) is 34.6 Å². The summed E-state index contributed by atoms with van der Waals surface area (Å²) in [7, 11) is 0. The third-order valence-electron chi connectivity index (χ3n) is 5.48. The minimum Gasteiger partial charge on any atom is -0.356 e. The Kier molecular flexibility index (Phi) is 4.68. The lowest BCUT2D eigenvalue weighted by Gasteiger charge is -2.27. The molecular weight excluding hydrogens is 382 g/mol. The minimum atomic E-state index is -0.962. The van der Waals surface area contributed by atoms with Gasteiger partial charge in [0.2, 0.25) is 11.8 Å². The number of carbonyl (C=O) groups excluding carboxylic acids is 4. The quantitative estimate of drug-likeness (QED) is 0.765. The van der Waals surface area contributed by atoms with Gasteiger partial charge in [-0.3, -0.25) is 29.4 Å². The zero-order valence-electron chi connectivity index (χ0n) is 17.1. The van der Waals surface area contributed by atoms with Crippen LogP contribution in [0, 0.1) is 0 Å². The highest BCUT2D eigenvalue weighted by Crippen LogP contribution is 2.31. The van der Waals surface area contributed by atoms with E-state index in [1.54, 1.807) is 18.2 Å². The summed E-state index contributed by atoms with van der Waals surface area (Å²) in [6.07, 6.45) is 0.239. The number of amides is 4. The van der Waals surface area contributed by atoms with Gasteiger partial charge in [-0.15, -0.1) is 0 Å². The molecule has 1 saturated heterocycles. The average Bonchev–Trinajstić information content (AvgIpc) is 2.92. The number of nitrogens with one attached hydrogen (secondary N) is 2. The summed E-state index contributed by atoms with van der Waals surface area (Å²) in [6, 6.07) is 12.0. The summed E-state index contributed by atoms with van der Waals surface area (Å²) in [5.41, 5.74) is 3.31. The van der Waals surface area contributed by atoms with Crippen molar-refractivity contribution in [3.8, 4) is 0 Å². The number of nitrogens with zero attached hydrogens (tertiary/aromatic N) is 1. The Hall–Kier alpha value is -3.48. The fourth-order valence-corrected chi connectivity index (χ4v) is 3.77. The van der Waals surface area contributed by atoms with Crippen molar-refractivity contribution in [2.24, 2.45) is 0 Å². The van der Waals surface area contributed by atoms with Crippen LogP contribution < -0.4 is 10.6 Å². The third-order valence-corrected chi connectivity index (χ3v) is 5.48. The van der Waals surface area contributed by atoms with E-state index in [0.717, 1.165) is 10.6 Å². The maximum Gasteiger partial charge on any atom is 0.262 e. The lowest BCUT2D eigenvalue weighted by atomic mass is 9.87. The van der Waals surface area contributed by atoms with Crippen molar-refractivity contribution in [2.75, 3.05) is 5.32 Å². The van der Waals surface area contributed by atoms with Crippen LogP contribution in [0.5, 0.6) is 0 Å². The van der Waals surface area contributed by atoms with E-state index in [4.69, 9.17) is 0 Å². The van der Waals surface area contributed by atoms with Crippen LogP contribution in [0.3, 0.4) is 0 Å². The number of fused-ring (bicyclic) bond motifs is 1. The maximum atomic E-state index is 12.9. The molecule has 0 spiro atoms. The van der Waals surface area contributed by atoms with Gasteiger partial charge in [-0.05, 0) is 47.7 Å². The van der Waals surface area contributed by atoms with Crippen molar-refractivity contribution >= 4 is 35.0 Å². The first-order valence-corrected chi connectivity index (χ1v) is 9.88. The number of rotatable bonds is 3. The summed E-state index contributed by atoms with van der Waals surface area (Å²) in [5, 5.41) is 5.45. The molecule has 4 rings (SSSR count). The molecule has 2 heterocycles. The molecule has 0 bridgehead atoms. The number of hydrogen-bond donors (Lipinski definition) is 2. The Labute approximate surface area is 174 Å². The monoisotopic (exact) mass is 405 g/mol. The Balaban J connectivity index is 1.56. The Morgan fingerprint density at radius 3 is 2.17 bits per heavy atom. The zero-order valence-corrected chi connectivity index (χ0v) is 17.1. The fourth-order valence-electron chi connectivity index (χ4n) is 3.77. The second kappa shape index (κ2) is 7.09. The summed E-state index contributed by atoms with van der Waals surface area (Å²) in [4.78, 5) is 50.2. The molecule has 0 aliphatic carbocycles. The summed E-state index contributed by atoms with van der Waals surface area (Å²) < 4.78 is 0. The third kappa shape index (κ3) is 3.47. The van der Waals surface area contributed by atoms with Gasteiger partial charge in [0.25, 0.3) is 11.8 Å². The van der Waals surface area contributed by atoms with Gasteiger partial charge in [0.05, 0.1) is 11.1 Å². The molecule has 0 saturated carbocycles. The highest BCUT2D eigenvalue weighted by Gasteiger charge is 2.44. The molecule has 7 heteroatoms. The van der Waals surface area contributed by atoms with E-state index < -0.39 is 29.7 Å². The van der Waals surface area contributed by atoms with Crippen LogP contribution in [0.1, 0.15) is 59.9 Å². The lowest BCUT2D eigenvalue weighted by Crippen LogP contribution is -2.54. The van der Waals surface area contributed by atoms with Crippen molar-refractivity contribution < 1.29 is 19.2 Å². The van der Waals surface area contributed by atoms with Crippen LogP contribution in [0.4, 0.5) is 11.4 Å². The van der Waals surface area contributed by atoms with E-state index in [1.807, 2.05) is 12.1 Å². The number of hydrogen-bond acceptors (Lipinski definition) is 5. The molecule has 2 aromatic rings. The van der Waals surface area contributed by atoms with Crippen molar-refractivity contribution in [1.29, 1.82) is 0 Å². The molecular formula is C23H23N3O4. The predicted octanol–water partition coefficient (Wildman–Crippen LogP) is 3.13. The van der Waals surface area contributed by atoms with Crippen LogP contribution in [-0.2, 0) is 15.0 Å². The van der Waals surface area contributed by atoms with Gasteiger partial charge >= 0.3 is 0 Å². The van der Waals surface area contributed by atoms with E-state index in [0.29, 0.717) is 5.69 Å². The topological polar surface area (TPSA) is 95.6 Å². The van der Waals surface area contributed by atoms with Gasteiger partial charge in [-0.1, -0.05) is 32.9 Å². The number of carbonyl (C=O) groups is 4. The van der Waals surface area contributed by atoms with Crippen molar-refractivity contribution in [1.82, 2.24) is 10.2 Å². The molecule has 2 aromatic carbocycles.